The first kappa shape index (κ1) is 16.1. The summed E-state index contributed by atoms with van der Waals surface area (Å²) in [6.45, 7) is 0.870. The number of carbonyl (C=O) groups is 1. The summed E-state index contributed by atoms with van der Waals surface area (Å²) in [6, 6.07) is 5.99. The van der Waals surface area contributed by atoms with E-state index in [0.717, 1.165) is 9.35 Å². The van der Waals surface area contributed by atoms with Gasteiger partial charge in [0.2, 0.25) is 0 Å². The van der Waals surface area contributed by atoms with E-state index < -0.39 is 5.82 Å². The average Bonchev–Trinajstić information content (AvgIpc) is 2.83. The van der Waals surface area contributed by atoms with E-state index in [0.29, 0.717) is 12.3 Å². The van der Waals surface area contributed by atoms with E-state index >= 15 is 0 Å². The molecule has 21 heavy (non-hydrogen) atoms. The van der Waals surface area contributed by atoms with Crippen molar-refractivity contribution in [1.82, 2.24) is 4.90 Å². The van der Waals surface area contributed by atoms with E-state index in [9.17, 15) is 9.18 Å². The molecule has 0 aliphatic carbocycles. The zero-order chi connectivity index (χ0) is 15.4. The van der Waals surface area contributed by atoms with E-state index in [1.165, 1.54) is 25.3 Å². The van der Waals surface area contributed by atoms with Crippen LogP contribution in [0.3, 0.4) is 0 Å². The molecule has 1 aromatic heterocycles. The maximum atomic E-state index is 13.3. The maximum Gasteiger partial charge on any atom is 0.180 e. The van der Waals surface area contributed by atoms with Gasteiger partial charge in [0.1, 0.15) is 11.6 Å². The lowest BCUT2D eigenvalue weighted by atomic mass is 10.1. The highest BCUT2D eigenvalue weighted by molar-refractivity contribution is 9.10. The van der Waals surface area contributed by atoms with E-state index in [1.807, 2.05) is 23.4 Å². The third kappa shape index (κ3) is 4.36. The van der Waals surface area contributed by atoms with Crippen LogP contribution in [0, 0.1) is 5.82 Å². The van der Waals surface area contributed by atoms with Crippen LogP contribution in [0.2, 0.25) is 0 Å². The zero-order valence-corrected chi connectivity index (χ0v) is 14.1. The minimum atomic E-state index is -0.441. The Labute approximate surface area is 135 Å². The fraction of sp³-hybridized carbons (Fsp3) is 0.267. The standard InChI is InChI=1S/C15H15BrFNO2S/c1-18(7-12-5-10(16)9-21-12)8-14(19)13-6-11(17)3-4-15(13)20-2/h3-6,9H,7-8H2,1-2H3. The van der Waals surface area contributed by atoms with Crippen molar-refractivity contribution in [3.63, 3.8) is 0 Å². The second-order valence-electron chi connectivity index (χ2n) is 4.67. The summed E-state index contributed by atoms with van der Waals surface area (Å²) < 4.78 is 19.5. The molecule has 1 aromatic carbocycles. The molecule has 0 N–H and O–H groups in total. The fourth-order valence-electron chi connectivity index (χ4n) is 1.99. The van der Waals surface area contributed by atoms with Crippen molar-refractivity contribution in [2.75, 3.05) is 20.7 Å². The molecular formula is C15H15BrFNO2S. The third-order valence-electron chi connectivity index (χ3n) is 2.92. The van der Waals surface area contributed by atoms with Gasteiger partial charge in [0.15, 0.2) is 5.78 Å². The van der Waals surface area contributed by atoms with Gasteiger partial charge in [0.25, 0.3) is 0 Å². The number of nitrogens with zero attached hydrogens (tertiary/aromatic N) is 1. The molecule has 2 aromatic rings. The highest BCUT2D eigenvalue weighted by Crippen LogP contribution is 2.22. The minimum absolute atomic E-state index is 0.163. The number of benzene rings is 1. The SMILES string of the molecule is COc1ccc(F)cc1C(=O)CN(C)Cc1cc(Br)cs1. The van der Waals surface area contributed by atoms with Crippen molar-refractivity contribution in [2.45, 2.75) is 6.54 Å². The molecule has 0 amide bonds. The molecule has 0 spiro atoms. The summed E-state index contributed by atoms with van der Waals surface area (Å²) in [5.74, 6) is -0.206. The second kappa shape index (κ2) is 7.15. The molecule has 0 saturated carbocycles. The van der Waals surface area contributed by atoms with Gasteiger partial charge in [0.05, 0.1) is 19.2 Å². The van der Waals surface area contributed by atoms with E-state index in [1.54, 1.807) is 11.3 Å². The largest absolute Gasteiger partial charge is 0.496 e. The number of ketones is 1. The van der Waals surface area contributed by atoms with Crippen LogP contribution in [0.4, 0.5) is 4.39 Å². The Hall–Kier alpha value is -1.24. The molecule has 0 aliphatic rings. The lowest BCUT2D eigenvalue weighted by molar-refractivity contribution is 0.0940. The molecular weight excluding hydrogens is 357 g/mol. The average molecular weight is 372 g/mol. The number of ether oxygens (including phenoxy) is 1. The summed E-state index contributed by atoms with van der Waals surface area (Å²) in [6.07, 6.45) is 0. The lowest BCUT2D eigenvalue weighted by Gasteiger charge is -2.15. The summed E-state index contributed by atoms with van der Waals surface area (Å²) in [7, 11) is 3.33. The highest BCUT2D eigenvalue weighted by atomic mass is 79.9. The topological polar surface area (TPSA) is 29.5 Å². The van der Waals surface area contributed by atoms with Crippen LogP contribution in [-0.2, 0) is 6.54 Å². The molecule has 1 heterocycles. The monoisotopic (exact) mass is 371 g/mol. The van der Waals surface area contributed by atoms with Gasteiger partial charge in [-0.1, -0.05) is 0 Å². The van der Waals surface area contributed by atoms with Crippen LogP contribution in [0.15, 0.2) is 34.1 Å². The highest BCUT2D eigenvalue weighted by Gasteiger charge is 2.16. The summed E-state index contributed by atoms with van der Waals surface area (Å²) in [4.78, 5) is 15.3. The van der Waals surface area contributed by atoms with Crippen molar-refractivity contribution in [2.24, 2.45) is 0 Å². The molecule has 0 fully saturated rings. The van der Waals surface area contributed by atoms with Crippen molar-refractivity contribution in [1.29, 1.82) is 0 Å². The van der Waals surface area contributed by atoms with Crippen LogP contribution in [0.5, 0.6) is 5.75 Å². The van der Waals surface area contributed by atoms with Crippen LogP contribution in [0.1, 0.15) is 15.2 Å². The maximum absolute atomic E-state index is 13.3. The number of rotatable bonds is 6. The van der Waals surface area contributed by atoms with Gasteiger partial charge >= 0.3 is 0 Å². The fourth-order valence-corrected chi connectivity index (χ4v) is 3.52. The Bertz CT molecular complexity index is 644. The first-order chi connectivity index (χ1) is 9.99. The number of hydrogen-bond acceptors (Lipinski definition) is 4. The Kier molecular flexibility index (Phi) is 5.50. The molecule has 6 heteroatoms. The number of likely N-dealkylation sites (N-methyl/N-ethyl adjacent to an activating group) is 1. The number of hydrogen-bond donors (Lipinski definition) is 0. The van der Waals surface area contributed by atoms with E-state index in [2.05, 4.69) is 15.9 Å². The van der Waals surface area contributed by atoms with Gasteiger partial charge in [-0.05, 0) is 47.2 Å². The van der Waals surface area contributed by atoms with E-state index in [4.69, 9.17) is 4.74 Å². The Morgan fingerprint density at radius 2 is 2.19 bits per heavy atom. The van der Waals surface area contributed by atoms with Crippen molar-refractivity contribution in [3.8, 4) is 5.75 Å². The predicted octanol–water partition coefficient (Wildman–Crippen LogP) is 3.97. The van der Waals surface area contributed by atoms with Crippen molar-refractivity contribution in [3.05, 3.63) is 50.4 Å². The molecule has 0 radical (unpaired) electrons. The Morgan fingerprint density at radius 1 is 1.43 bits per heavy atom. The van der Waals surface area contributed by atoms with Gasteiger partial charge in [-0.15, -0.1) is 11.3 Å². The van der Waals surface area contributed by atoms with Crippen LogP contribution in [0.25, 0.3) is 0 Å². The number of carbonyl (C=O) groups excluding carboxylic acids is 1. The quantitative estimate of drug-likeness (QED) is 0.719. The molecule has 3 nitrogen and oxygen atoms in total. The van der Waals surface area contributed by atoms with Gasteiger partial charge in [-0.25, -0.2) is 4.39 Å². The second-order valence-corrected chi connectivity index (χ2v) is 6.58. The first-order valence-electron chi connectivity index (χ1n) is 6.28. The predicted molar refractivity (Wildman–Crippen MR) is 85.6 cm³/mol. The van der Waals surface area contributed by atoms with E-state index in [-0.39, 0.29) is 17.9 Å². The lowest BCUT2D eigenvalue weighted by Crippen LogP contribution is -2.25. The zero-order valence-electron chi connectivity index (χ0n) is 11.7. The van der Waals surface area contributed by atoms with Crippen molar-refractivity contribution < 1.29 is 13.9 Å². The first-order valence-corrected chi connectivity index (χ1v) is 7.95. The van der Waals surface area contributed by atoms with Gasteiger partial charge < -0.3 is 4.74 Å². The number of Topliss-reactive ketones (excluding diaryl/α,β-unsaturated/α-hetero) is 1. The number of halogens is 2. The number of thiophene rings is 1. The third-order valence-corrected chi connectivity index (χ3v) is 4.61. The molecule has 0 bridgehead atoms. The normalized spacial score (nSPS) is 10.9. The smallest absolute Gasteiger partial charge is 0.180 e. The summed E-state index contributed by atoms with van der Waals surface area (Å²) in [5.41, 5.74) is 0.275. The molecule has 0 saturated heterocycles. The van der Waals surface area contributed by atoms with Crippen LogP contribution >= 0.6 is 27.3 Å². The van der Waals surface area contributed by atoms with Gasteiger partial charge in [0, 0.05) is 21.3 Å². The minimum Gasteiger partial charge on any atom is -0.496 e. The van der Waals surface area contributed by atoms with Crippen LogP contribution in [-0.4, -0.2) is 31.4 Å². The molecule has 0 unspecified atom stereocenters. The van der Waals surface area contributed by atoms with Crippen LogP contribution < -0.4 is 4.74 Å². The number of methoxy groups -OCH3 is 1. The van der Waals surface area contributed by atoms with Gasteiger partial charge in [-0.2, -0.15) is 0 Å². The summed E-state index contributed by atoms with van der Waals surface area (Å²) in [5, 5.41) is 2.00. The Balaban J connectivity index is 2.05. The molecule has 2 rings (SSSR count). The van der Waals surface area contributed by atoms with Gasteiger partial charge in [-0.3, -0.25) is 9.69 Å². The summed E-state index contributed by atoms with van der Waals surface area (Å²) >= 11 is 5.03. The van der Waals surface area contributed by atoms with Crippen molar-refractivity contribution >= 4 is 33.0 Å². The molecule has 0 atom stereocenters. The molecule has 0 aliphatic heterocycles. The molecule has 112 valence electrons. The Morgan fingerprint density at radius 3 is 2.81 bits per heavy atom.